The summed E-state index contributed by atoms with van der Waals surface area (Å²) in [5, 5.41) is 2.72. The molecule has 2 aliphatic rings. The van der Waals surface area contributed by atoms with E-state index in [1.165, 1.54) is 23.2 Å². The fourth-order valence-corrected chi connectivity index (χ4v) is 10.1. The highest BCUT2D eigenvalue weighted by Gasteiger charge is 2.52. The minimum absolute atomic E-state index is 0.000127. The van der Waals surface area contributed by atoms with Gasteiger partial charge in [0.2, 0.25) is 0 Å². The number of rotatable bonds is 9. The number of esters is 1. The first-order valence-electron chi connectivity index (χ1n) is 13.0. The van der Waals surface area contributed by atoms with Crippen LogP contribution in [0, 0.1) is 23.7 Å². The summed E-state index contributed by atoms with van der Waals surface area (Å²) in [4.78, 5) is 12.3. The second-order valence-corrected chi connectivity index (χ2v) is 16.7. The third-order valence-electron chi connectivity index (χ3n) is 7.54. The molecule has 34 heavy (non-hydrogen) atoms. The van der Waals surface area contributed by atoms with Gasteiger partial charge in [-0.1, -0.05) is 81.4 Å². The van der Waals surface area contributed by atoms with E-state index in [1.807, 2.05) is 20.8 Å². The van der Waals surface area contributed by atoms with Crippen LogP contribution in [0.25, 0.3) is 0 Å². The van der Waals surface area contributed by atoms with Gasteiger partial charge >= 0.3 is 5.97 Å². The van der Waals surface area contributed by atoms with E-state index in [1.54, 1.807) is 0 Å². The third-order valence-corrected chi connectivity index (χ3v) is 12.5. The minimum Gasteiger partial charge on any atom is -0.460 e. The highest BCUT2D eigenvalue weighted by molar-refractivity contribution is 6.99. The Kier molecular flexibility index (Phi) is 7.13. The topological polar surface area (TPSA) is 35.5 Å². The van der Waals surface area contributed by atoms with Crippen LogP contribution in [0.2, 0.25) is 5.04 Å². The van der Waals surface area contributed by atoms with Crippen LogP contribution >= 0.6 is 0 Å². The fourth-order valence-electron chi connectivity index (χ4n) is 5.52. The molecule has 0 N–H and O–H groups in total. The molecule has 4 heteroatoms. The monoisotopic (exact) mass is 478 g/mol. The van der Waals surface area contributed by atoms with Crippen molar-refractivity contribution in [3.05, 3.63) is 60.7 Å². The predicted octanol–water partition coefficient (Wildman–Crippen LogP) is 5.96. The van der Waals surface area contributed by atoms with Crippen LogP contribution in [0.4, 0.5) is 0 Å². The summed E-state index contributed by atoms with van der Waals surface area (Å²) in [6.07, 6.45) is 4.61. The number of benzene rings is 2. The van der Waals surface area contributed by atoms with E-state index in [-0.39, 0.29) is 22.5 Å². The lowest BCUT2D eigenvalue weighted by Crippen LogP contribution is -2.66. The van der Waals surface area contributed by atoms with Crippen molar-refractivity contribution in [3.63, 3.8) is 0 Å². The average molecular weight is 479 g/mol. The fraction of sp³-hybridized carbons (Fsp3) is 0.567. The van der Waals surface area contributed by atoms with Crippen LogP contribution in [-0.2, 0) is 14.0 Å². The molecular formula is C30H42O3Si. The smallest absolute Gasteiger partial charge is 0.309 e. The first kappa shape index (κ1) is 25.2. The lowest BCUT2D eigenvalue weighted by Gasteiger charge is -2.43. The molecule has 0 bridgehead atoms. The quantitative estimate of drug-likeness (QED) is 0.330. The Labute approximate surface area is 207 Å². The van der Waals surface area contributed by atoms with Crippen molar-refractivity contribution < 1.29 is 14.0 Å². The van der Waals surface area contributed by atoms with Gasteiger partial charge in [0.1, 0.15) is 5.60 Å². The minimum atomic E-state index is -2.44. The Morgan fingerprint density at radius 1 is 0.794 bits per heavy atom. The number of hydrogen-bond acceptors (Lipinski definition) is 3. The van der Waals surface area contributed by atoms with Gasteiger partial charge in [0.15, 0.2) is 0 Å². The molecule has 2 aromatic carbocycles. The number of hydrogen-bond donors (Lipinski definition) is 0. The Balaban J connectivity index is 1.37. The summed E-state index contributed by atoms with van der Waals surface area (Å²) in [6, 6.07) is 21.8. The second-order valence-electron chi connectivity index (χ2n) is 12.4. The largest absolute Gasteiger partial charge is 0.460 e. The van der Waals surface area contributed by atoms with Crippen LogP contribution in [0.1, 0.15) is 67.2 Å². The van der Waals surface area contributed by atoms with E-state index in [0.717, 1.165) is 25.4 Å². The van der Waals surface area contributed by atoms with Crippen LogP contribution in [-0.4, -0.2) is 26.5 Å². The van der Waals surface area contributed by atoms with Crippen molar-refractivity contribution in [2.24, 2.45) is 23.7 Å². The van der Waals surface area contributed by atoms with Gasteiger partial charge in [-0.25, -0.2) is 0 Å². The molecule has 0 heterocycles. The zero-order valence-corrected chi connectivity index (χ0v) is 22.8. The first-order chi connectivity index (χ1) is 16.0. The Hall–Kier alpha value is -1.91. The van der Waals surface area contributed by atoms with Crippen molar-refractivity contribution in [3.8, 4) is 0 Å². The van der Waals surface area contributed by atoms with Gasteiger partial charge in [0.05, 0.1) is 5.92 Å². The van der Waals surface area contributed by atoms with Crippen LogP contribution in [0.5, 0.6) is 0 Å². The summed E-state index contributed by atoms with van der Waals surface area (Å²) in [6.45, 7) is 13.7. The molecule has 2 saturated carbocycles. The van der Waals surface area contributed by atoms with Gasteiger partial charge < -0.3 is 9.16 Å². The molecule has 3 nitrogen and oxygen atoms in total. The van der Waals surface area contributed by atoms with E-state index >= 15 is 0 Å². The molecule has 0 amide bonds. The van der Waals surface area contributed by atoms with E-state index in [0.29, 0.717) is 11.8 Å². The van der Waals surface area contributed by atoms with E-state index in [4.69, 9.17) is 9.16 Å². The molecule has 2 unspecified atom stereocenters. The SMILES string of the molecule is CC(C)(C)OC(=O)C1CC1CC[C@@H]1C[C@@H]1CO[Si](c1ccccc1)(c1ccccc1)C(C)(C)C. The molecule has 2 fully saturated rings. The number of carbonyl (C=O) groups is 1. The van der Waals surface area contributed by atoms with E-state index < -0.39 is 8.32 Å². The van der Waals surface area contributed by atoms with Gasteiger partial charge in [-0.15, -0.1) is 0 Å². The standard InChI is InChI=1S/C30H42O3Si/c1-29(2,3)33-28(31)27-20-23(27)18-17-22-19-24(22)21-32-34(30(4,5)6,25-13-9-7-10-14-25)26-15-11-8-12-16-26/h7-16,22-24,27H,17-21H2,1-6H3/t22-,23?,24-,27?/m1/s1. The third kappa shape index (κ3) is 5.66. The molecular weight excluding hydrogens is 436 g/mol. The van der Waals surface area contributed by atoms with Gasteiger partial charge in [-0.2, -0.15) is 0 Å². The summed E-state index contributed by atoms with van der Waals surface area (Å²) in [5.74, 6) is 2.02. The molecule has 4 atom stereocenters. The summed E-state index contributed by atoms with van der Waals surface area (Å²) >= 11 is 0. The Morgan fingerprint density at radius 3 is 1.82 bits per heavy atom. The van der Waals surface area contributed by atoms with Gasteiger partial charge in [-0.3, -0.25) is 4.79 Å². The molecule has 2 aliphatic carbocycles. The average Bonchev–Trinajstić information content (AvgIpc) is 3.68. The molecule has 0 saturated heterocycles. The summed E-state index contributed by atoms with van der Waals surface area (Å²) in [7, 11) is -2.44. The highest BCUT2D eigenvalue weighted by atomic mass is 28.4. The van der Waals surface area contributed by atoms with Gasteiger partial charge in [-0.05, 0) is 79.6 Å². The molecule has 2 aromatic rings. The molecule has 4 rings (SSSR count). The first-order valence-corrected chi connectivity index (χ1v) is 14.9. The van der Waals surface area contributed by atoms with Gasteiger partial charge in [0.25, 0.3) is 8.32 Å². The summed E-state index contributed by atoms with van der Waals surface area (Å²) in [5.41, 5.74) is -0.385. The van der Waals surface area contributed by atoms with E-state index in [9.17, 15) is 4.79 Å². The predicted molar refractivity (Wildman–Crippen MR) is 142 cm³/mol. The molecule has 0 aromatic heterocycles. The van der Waals surface area contributed by atoms with Crippen molar-refractivity contribution in [1.82, 2.24) is 0 Å². The zero-order valence-electron chi connectivity index (χ0n) is 21.8. The molecule has 184 valence electrons. The molecule has 0 radical (unpaired) electrons. The van der Waals surface area contributed by atoms with Crippen LogP contribution in [0.3, 0.4) is 0 Å². The van der Waals surface area contributed by atoms with Crippen LogP contribution < -0.4 is 10.4 Å². The van der Waals surface area contributed by atoms with Crippen molar-refractivity contribution in [1.29, 1.82) is 0 Å². The second kappa shape index (κ2) is 9.62. The van der Waals surface area contributed by atoms with Crippen molar-refractivity contribution >= 4 is 24.7 Å². The maximum Gasteiger partial charge on any atom is 0.309 e. The van der Waals surface area contributed by atoms with Gasteiger partial charge in [0, 0.05) is 6.61 Å². The summed E-state index contributed by atoms with van der Waals surface area (Å²) < 4.78 is 12.7. The molecule has 0 aliphatic heterocycles. The maximum atomic E-state index is 12.3. The van der Waals surface area contributed by atoms with Crippen molar-refractivity contribution in [2.45, 2.75) is 77.9 Å². The van der Waals surface area contributed by atoms with E-state index in [2.05, 4.69) is 81.4 Å². The maximum absolute atomic E-state index is 12.3. The van der Waals surface area contributed by atoms with Crippen molar-refractivity contribution in [2.75, 3.05) is 6.61 Å². The van der Waals surface area contributed by atoms with Crippen LogP contribution in [0.15, 0.2) is 60.7 Å². The Morgan fingerprint density at radius 2 is 1.32 bits per heavy atom. The highest BCUT2D eigenvalue weighted by Crippen LogP contribution is 2.49. The number of ether oxygens (including phenoxy) is 1. The zero-order chi connectivity index (χ0) is 24.6. The molecule has 0 spiro atoms. The lowest BCUT2D eigenvalue weighted by molar-refractivity contribution is -0.156. The number of carbonyl (C=O) groups excluding carboxylic acids is 1. The lowest BCUT2D eigenvalue weighted by atomic mass is 10.1. The Bertz CT molecular complexity index is 919. The normalized spacial score (nSPS) is 24.5.